The Balaban J connectivity index is 1.35. The number of anilines is 1. The number of sulfonamides is 1. The molecule has 1 heterocycles. The van der Waals surface area contributed by atoms with Crippen molar-refractivity contribution in [3.63, 3.8) is 0 Å². The predicted octanol–water partition coefficient (Wildman–Crippen LogP) is 2.16. The van der Waals surface area contributed by atoms with Gasteiger partial charge < -0.3 is 10.2 Å². The summed E-state index contributed by atoms with van der Waals surface area (Å²) in [6.45, 7) is 0.950. The molecule has 1 aliphatic carbocycles. The minimum Gasteiger partial charge on any atom is -0.342 e. The number of hydrogen-bond acceptors (Lipinski definition) is 4. The van der Waals surface area contributed by atoms with Gasteiger partial charge in [-0.2, -0.15) is 0 Å². The molecule has 1 aliphatic heterocycles. The first-order chi connectivity index (χ1) is 14.4. The lowest BCUT2D eigenvalue weighted by Crippen LogP contribution is -2.30. The first-order valence-corrected chi connectivity index (χ1v) is 11.6. The fourth-order valence-corrected chi connectivity index (χ4v) is 4.90. The van der Waals surface area contributed by atoms with Gasteiger partial charge in [-0.1, -0.05) is 36.4 Å². The standard InChI is InChI=1S/C22H25N3O4S/c26-21-13-17(15-25(21)12-11-16-5-2-1-3-6-16)22(27)23-19-7-4-8-20(14-19)30(28,29)24-18-9-10-18/h1-8,14,17-18,24H,9-13,15H2,(H,23,27)/t17-/m1/s1. The molecule has 2 N–H and O–H groups in total. The lowest BCUT2D eigenvalue weighted by atomic mass is 10.1. The van der Waals surface area contributed by atoms with Gasteiger partial charge in [0.2, 0.25) is 21.8 Å². The molecule has 4 rings (SSSR count). The van der Waals surface area contributed by atoms with E-state index in [0.29, 0.717) is 18.8 Å². The van der Waals surface area contributed by atoms with E-state index in [1.807, 2.05) is 30.3 Å². The van der Waals surface area contributed by atoms with E-state index in [-0.39, 0.29) is 29.2 Å². The molecule has 0 bridgehead atoms. The molecule has 158 valence electrons. The van der Waals surface area contributed by atoms with Crippen molar-refractivity contribution in [3.8, 4) is 0 Å². The van der Waals surface area contributed by atoms with Crippen LogP contribution in [-0.2, 0) is 26.0 Å². The number of likely N-dealkylation sites (tertiary alicyclic amines) is 1. The third-order valence-corrected chi connectivity index (χ3v) is 6.93. The largest absolute Gasteiger partial charge is 0.342 e. The third-order valence-electron chi connectivity index (χ3n) is 5.41. The summed E-state index contributed by atoms with van der Waals surface area (Å²) in [6, 6.07) is 16.1. The van der Waals surface area contributed by atoms with Crippen LogP contribution in [0.1, 0.15) is 24.8 Å². The maximum Gasteiger partial charge on any atom is 0.240 e. The summed E-state index contributed by atoms with van der Waals surface area (Å²) < 4.78 is 27.4. The summed E-state index contributed by atoms with van der Waals surface area (Å²) in [7, 11) is -3.59. The number of carbonyl (C=O) groups is 2. The second kappa shape index (κ2) is 8.57. The first-order valence-electron chi connectivity index (χ1n) is 10.2. The maximum absolute atomic E-state index is 12.7. The van der Waals surface area contributed by atoms with Crippen LogP contribution in [0.2, 0.25) is 0 Å². The highest BCUT2D eigenvalue weighted by Gasteiger charge is 2.34. The highest BCUT2D eigenvalue weighted by molar-refractivity contribution is 7.89. The van der Waals surface area contributed by atoms with Crippen molar-refractivity contribution in [2.24, 2.45) is 5.92 Å². The van der Waals surface area contributed by atoms with Gasteiger partial charge in [0.05, 0.1) is 10.8 Å². The van der Waals surface area contributed by atoms with Crippen LogP contribution >= 0.6 is 0 Å². The Morgan fingerprint density at radius 1 is 1.07 bits per heavy atom. The van der Waals surface area contributed by atoms with E-state index in [2.05, 4.69) is 10.0 Å². The number of hydrogen-bond donors (Lipinski definition) is 2. The zero-order valence-electron chi connectivity index (χ0n) is 16.6. The zero-order chi connectivity index (χ0) is 21.1. The van der Waals surface area contributed by atoms with Crippen molar-refractivity contribution >= 4 is 27.5 Å². The Kier molecular flexibility index (Phi) is 5.87. The van der Waals surface area contributed by atoms with Gasteiger partial charge in [0.1, 0.15) is 0 Å². The Morgan fingerprint density at radius 2 is 1.83 bits per heavy atom. The SMILES string of the molecule is O=C(Nc1cccc(S(=O)(=O)NC2CC2)c1)[C@@H]1CC(=O)N(CCc2ccccc2)C1. The summed E-state index contributed by atoms with van der Waals surface area (Å²) in [5.41, 5.74) is 1.56. The summed E-state index contributed by atoms with van der Waals surface area (Å²) >= 11 is 0. The zero-order valence-corrected chi connectivity index (χ0v) is 17.4. The lowest BCUT2D eigenvalue weighted by molar-refractivity contribution is -0.128. The summed E-state index contributed by atoms with van der Waals surface area (Å²) in [5.74, 6) is -0.746. The van der Waals surface area contributed by atoms with Crippen LogP contribution in [-0.4, -0.2) is 44.3 Å². The van der Waals surface area contributed by atoms with Gasteiger partial charge in [-0.15, -0.1) is 0 Å². The predicted molar refractivity (Wildman–Crippen MR) is 113 cm³/mol. The molecule has 1 saturated heterocycles. The Labute approximate surface area is 176 Å². The Bertz CT molecular complexity index is 1040. The van der Waals surface area contributed by atoms with Gasteiger partial charge in [0, 0.05) is 31.2 Å². The minimum atomic E-state index is -3.59. The van der Waals surface area contributed by atoms with Gasteiger partial charge in [0.15, 0.2) is 0 Å². The number of nitrogens with one attached hydrogen (secondary N) is 2. The fourth-order valence-electron chi connectivity index (χ4n) is 3.55. The van der Waals surface area contributed by atoms with E-state index >= 15 is 0 Å². The molecule has 2 aromatic carbocycles. The number of amides is 2. The molecule has 0 spiro atoms. The summed E-state index contributed by atoms with van der Waals surface area (Å²) in [5, 5.41) is 2.77. The maximum atomic E-state index is 12.7. The van der Waals surface area contributed by atoms with Gasteiger partial charge in [-0.25, -0.2) is 13.1 Å². The lowest BCUT2D eigenvalue weighted by Gasteiger charge is -2.16. The van der Waals surface area contributed by atoms with Gasteiger partial charge in [0.25, 0.3) is 0 Å². The van der Waals surface area contributed by atoms with Crippen LogP contribution in [0.15, 0.2) is 59.5 Å². The summed E-state index contributed by atoms with van der Waals surface area (Å²) in [4.78, 5) is 26.8. The molecule has 7 nitrogen and oxygen atoms in total. The second-order valence-electron chi connectivity index (χ2n) is 7.89. The number of carbonyl (C=O) groups excluding carboxylic acids is 2. The van der Waals surface area contributed by atoms with E-state index in [9.17, 15) is 18.0 Å². The minimum absolute atomic E-state index is 0.0135. The molecule has 2 amide bonds. The molecule has 0 unspecified atom stereocenters. The monoisotopic (exact) mass is 427 g/mol. The van der Waals surface area contributed by atoms with E-state index < -0.39 is 15.9 Å². The van der Waals surface area contributed by atoms with Crippen LogP contribution in [0.4, 0.5) is 5.69 Å². The van der Waals surface area contributed by atoms with Gasteiger partial charge >= 0.3 is 0 Å². The highest BCUT2D eigenvalue weighted by Crippen LogP contribution is 2.24. The molecule has 8 heteroatoms. The van der Waals surface area contributed by atoms with Crippen molar-refractivity contribution in [1.82, 2.24) is 9.62 Å². The van der Waals surface area contributed by atoms with Crippen LogP contribution < -0.4 is 10.0 Å². The van der Waals surface area contributed by atoms with Crippen molar-refractivity contribution < 1.29 is 18.0 Å². The first kappa shape index (κ1) is 20.6. The van der Waals surface area contributed by atoms with E-state index in [0.717, 1.165) is 24.8 Å². The molecule has 0 radical (unpaired) electrons. The Morgan fingerprint density at radius 3 is 2.57 bits per heavy atom. The molecule has 1 saturated carbocycles. The molecule has 1 atom stereocenters. The highest BCUT2D eigenvalue weighted by atomic mass is 32.2. The smallest absolute Gasteiger partial charge is 0.240 e. The fraction of sp³-hybridized carbons (Fsp3) is 0.364. The molecular formula is C22H25N3O4S. The molecule has 2 aromatic rings. The van der Waals surface area contributed by atoms with Crippen molar-refractivity contribution in [3.05, 3.63) is 60.2 Å². The average Bonchev–Trinajstić information content (AvgIpc) is 3.46. The van der Waals surface area contributed by atoms with Gasteiger partial charge in [-0.3, -0.25) is 9.59 Å². The van der Waals surface area contributed by atoms with Crippen molar-refractivity contribution in [1.29, 1.82) is 0 Å². The summed E-state index contributed by atoms with van der Waals surface area (Å²) in [6.07, 6.45) is 2.62. The number of benzene rings is 2. The van der Waals surface area contributed by atoms with Crippen LogP contribution in [0.25, 0.3) is 0 Å². The molecule has 30 heavy (non-hydrogen) atoms. The van der Waals surface area contributed by atoms with Crippen LogP contribution in [0.5, 0.6) is 0 Å². The average molecular weight is 428 g/mol. The molecular weight excluding hydrogens is 402 g/mol. The van der Waals surface area contributed by atoms with Crippen molar-refractivity contribution in [2.75, 3.05) is 18.4 Å². The van der Waals surface area contributed by atoms with Crippen molar-refractivity contribution in [2.45, 2.75) is 36.6 Å². The number of rotatable bonds is 8. The molecule has 2 aliphatic rings. The molecule has 0 aromatic heterocycles. The molecule has 2 fully saturated rings. The van der Waals surface area contributed by atoms with Crippen LogP contribution in [0.3, 0.4) is 0 Å². The normalized spacial score (nSPS) is 19.1. The van der Waals surface area contributed by atoms with E-state index in [4.69, 9.17) is 0 Å². The number of nitrogens with zero attached hydrogens (tertiary/aromatic N) is 1. The van der Waals surface area contributed by atoms with E-state index in [1.165, 1.54) is 12.1 Å². The van der Waals surface area contributed by atoms with Gasteiger partial charge in [-0.05, 0) is 43.0 Å². The quantitative estimate of drug-likeness (QED) is 0.675. The van der Waals surface area contributed by atoms with E-state index in [1.54, 1.807) is 17.0 Å². The van der Waals surface area contributed by atoms with Crippen LogP contribution in [0, 0.1) is 5.92 Å². The Hall–Kier alpha value is -2.71. The third kappa shape index (κ3) is 5.06. The second-order valence-corrected chi connectivity index (χ2v) is 9.60. The topological polar surface area (TPSA) is 95.6 Å².